The highest BCUT2D eigenvalue weighted by molar-refractivity contribution is 7.00. The Kier molecular flexibility index (Phi) is 10.0. The van der Waals surface area contributed by atoms with Crippen molar-refractivity contribution in [2.75, 3.05) is 9.80 Å². The molecule has 82 heavy (non-hydrogen) atoms. The predicted molar refractivity (Wildman–Crippen MR) is 348 cm³/mol. The quantitative estimate of drug-likeness (QED) is 0.155. The number of rotatable bonds is 6. The van der Waals surface area contributed by atoms with Crippen LogP contribution in [0.1, 0.15) is 26.3 Å². The second kappa shape index (κ2) is 17.6. The summed E-state index contributed by atoms with van der Waals surface area (Å²) in [6.07, 6.45) is 0. The number of benzene rings is 12. The van der Waals surface area contributed by atoms with Gasteiger partial charge in [0.15, 0.2) is 0 Å². The first-order valence-electron chi connectivity index (χ1n) is 28.6. The van der Waals surface area contributed by atoms with Crippen LogP contribution >= 0.6 is 0 Å². The molecule has 0 aliphatic carbocycles. The molecule has 5 heterocycles. The van der Waals surface area contributed by atoms with Crippen LogP contribution in [0.5, 0.6) is 0 Å². The van der Waals surface area contributed by atoms with Crippen LogP contribution in [0.15, 0.2) is 273 Å². The third kappa shape index (κ3) is 6.69. The molecule has 5 nitrogen and oxygen atoms in total. The van der Waals surface area contributed by atoms with Crippen LogP contribution in [0.25, 0.3) is 93.6 Å². The number of aromatic nitrogens is 3. The largest absolute Gasteiger partial charge is 0.309 e. The molecule has 0 bridgehead atoms. The average Bonchev–Trinajstić information content (AvgIpc) is 2.14. The van der Waals surface area contributed by atoms with Gasteiger partial charge in [0.1, 0.15) is 0 Å². The fourth-order valence-electron chi connectivity index (χ4n) is 14.1. The maximum atomic E-state index is 2.66. The van der Waals surface area contributed by atoms with Crippen molar-refractivity contribution in [3.05, 3.63) is 279 Å². The lowest BCUT2D eigenvalue weighted by Gasteiger charge is -2.45. The van der Waals surface area contributed by atoms with Crippen molar-refractivity contribution < 1.29 is 0 Å². The molecule has 0 saturated carbocycles. The highest BCUT2D eigenvalue weighted by Gasteiger charge is 2.45. The fraction of sp³-hybridized carbons (Fsp3) is 0.0526. The van der Waals surface area contributed by atoms with E-state index in [-0.39, 0.29) is 12.1 Å². The van der Waals surface area contributed by atoms with Crippen LogP contribution in [-0.2, 0) is 5.41 Å². The highest BCUT2D eigenvalue weighted by Crippen LogP contribution is 2.51. The highest BCUT2D eigenvalue weighted by atomic mass is 15.2. The molecule has 6 heteroatoms. The third-order valence-electron chi connectivity index (χ3n) is 17.7. The van der Waals surface area contributed by atoms with Gasteiger partial charge >= 0.3 is 0 Å². The van der Waals surface area contributed by atoms with Gasteiger partial charge in [0.05, 0.1) is 44.5 Å². The van der Waals surface area contributed by atoms with E-state index in [9.17, 15) is 0 Å². The molecule has 2 aliphatic rings. The maximum absolute atomic E-state index is 2.66. The predicted octanol–water partition coefficient (Wildman–Crippen LogP) is 18.0. The normalized spacial score (nSPS) is 13.0. The Labute approximate surface area is 476 Å². The molecule has 0 N–H and O–H groups in total. The van der Waals surface area contributed by atoms with Gasteiger partial charge in [0.25, 0.3) is 6.71 Å². The van der Waals surface area contributed by atoms with Crippen molar-refractivity contribution in [3.63, 3.8) is 0 Å². The summed E-state index contributed by atoms with van der Waals surface area (Å²) >= 11 is 0. The molecule has 0 amide bonds. The van der Waals surface area contributed by atoms with Gasteiger partial charge in [0, 0.05) is 72.1 Å². The summed E-state index contributed by atoms with van der Waals surface area (Å²) in [7, 11) is 0. The van der Waals surface area contributed by atoms with Gasteiger partial charge in [-0.25, -0.2) is 0 Å². The first-order chi connectivity index (χ1) is 40.4. The van der Waals surface area contributed by atoms with Gasteiger partial charge in [-0.15, -0.1) is 0 Å². The minimum Gasteiger partial charge on any atom is -0.309 e. The van der Waals surface area contributed by atoms with Crippen molar-refractivity contribution in [1.29, 1.82) is 0 Å². The molecule has 386 valence electrons. The molecule has 15 aromatic rings. The first kappa shape index (κ1) is 46.6. The van der Waals surface area contributed by atoms with Crippen LogP contribution in [-0.4, -0.2) is 20.4 Å². The molecular weight excluding hydrogens is 994 g/mol. The molecule has 0 saturated heterocycles. The standard InChI is InChI=1S/C76H54BN5/c1-76(2,3)51-46-71-73-72(47-51)82(69-40-22-34-60-58-32-16-20-38-66(58)80(75(60)69)53-27-11-6-12-28-53)70-48-54(78-63-35-17-13-29-55(63)56-30-14-18-36-64(56)78)42-43-61(70)77(73)62-45-50(49-23-7-4-8-24-49)41-44-67(62)81(71)68-39-21-33-59-57-31-15-19-37-65(57)79(74(59)68)52-25-9-5-10-26-52/h4-48H,1-3H3. The summed E-state index contributed by atoms with van der Waals surface area (Å²) in [6.45, 7) is 6.96. The van der Waals surface area contributed by atoms with E-state index in [0.717, 1.165) is 39.6 Å². The summed E-state index contributed by atoms with van der Waals surface area (Å²) in [6, 6.07) is 102. The van der Waals surface area contributed by atoms with Crippen molar-refractivity contribution in [2.24, 2.45) is 0 Å². The van der Waals surface area contributed by atoms with E-state index >= 15 is 0 Å². The summed E-state index contributed by atoms with van der Waals surface area (Å²) in [5.74, 6) is 0. The molecule has 0 atom stereocenters. The zero-order valence-corrected chi connectivity index (χ0v) is 45.8. The van der Waals surface area contributed by atoms with Gasteiger partial charge in [-0.2, -0.15) is 0 Å². The minimum atomic E-state index is -0.239. The van der Waals surface area contributed by atoms with Crippen molar-refractivity contribution >= 4 is 123 Å². The van der Waals surface area contributed by atoms with Gasteiger partial charge < -0.3 is 23.5 Å². The Morgan fingerprint density at radius 3 is 1.23 bits per heavy atom. The monoisotopic (exact) mass is 1050 g/mol. The number of anilines is 6. The third-order valence-corrected chi connectivity index (χ3v) is 17.7. The van der Waals surface area contributed by atoms with E-state index in [1.54, 1.807) is 0 Å². The fourth-order valence-corrected chi connectivity index (χ4v) is 14.1. The Morgan fingerprint density at radius 2 is 0.720 bits per heavy atom. The average molecular weight is 1050 g/mol. The second-order valence-electron chi connectivity index (χ2n) is 23.3. The van der Waals surface area contributed by atoms with Crippen LogP contribution in [0.3, 0.4) is 0 Å². The van der Waals surface area contributed by atoms with E-state index in [1.807, 2.05) is 0 Å². The number of fused-ring (bicyclic) bond motifs is 13. The maximum Gasteiger partial charge on any atom is 0.252 e. The smallest absolute Gasteiger partial charge is 0.252 e. The zero-order valence-electron chi connectivity index (χ0n) is 45.8. The second-order valence-corrected chi connectivity index (χ2v) is 23.3. The number of hydrogen-bond donors (Lipinski definition) is 0. The van der Waals surface area contributed by atoms with Crippen LogP contribution in [0, 0.1) is 0 Å². The molecule has 0 radical (unpaired) electrons. The molecule has 17 rings (SSSR count). The van der Waals surface area contributed by atoms with E-state index in [4.69, 9.17) is 0 Å². The number of para-hydroxylation sites is 8. The SMILES string of the molecule is CC(C)(C)c1cc2c3c(c1)N(c1cccc4c5ccccc5n(-c5ccccc5)c14)c1cc(-n4c5ccccc5c5ccccc54)ccc1B3c1cc(-c3ccccc3)ccc1N2c1cccc2c3ccccc3n(-c3ccccc3)c12. The Morgan fingerprint density at radius 1 is 0.280 bits per heavy atom. The number of hydrogen-bond acceptors (Lipinski definition) is 2. The lowest BCUT2D eigenvalue weighted by atomic mass is 9.33. The van der Waals surface area contributed by atoms with Gasteiger partial charge in [-0.05, 0) is 129 Å². The molecule has 3 aromatic heterocycles. The zero-order chi connectivity index (χ0) is 54.4. The van der Waals surface area contributed by atoms with E-state index in [2.05, 4.69) is 317 Å². The molecule has 12 aromatic carbocycles. The Hall–Kier alpha value is -10.3. The van der Waals surface area contributed by atoms with Crippen LogP contribution in [0.4, 0.5) is 34.1 Å². The van der Waals surface area contributed by atoms with Gasteiger partial charge in [0.2, 0.25) is 0 Å². The van der Waals surface area contributed by atoms with E-state index in [1.165, 1.54) is 110 Å². The van der Waals surface area contributed by atoms with E-state index < -0.39 is 0 Å². The molecular formula is C76H54BN5. The summed E-state index contributed by atoms with van der Waals surface area (Å²) in [5, 5.41) is 7.35. The first-order valence-corrected chi connectivity index (χ1v) is 28.6. The van der Waals surface area contributed by atoms with Crippen molar-refractivity contribution in [2.45, 2.75) is 26.2 Å². The van der Waals surface area contributed by atoms with Gasteiger partial charge in [-0.3, -0.25) is 0 Å². The molecule has 0 spiro atoms. The lowest BCUT2D eigenvalue weighted by Crippen LogP contribution is -2.61. The van der Waals surface area contributed by atoms with E-state index in [0.29, 0.717) is 0 Å². The van der Waals surface area contributed by atoms with Gasteiger partial charge in [-0.1, -0.05) is 203 Å². The summed E-state index contributed by atoms with van der Waals surface area (Å²) < 4.78 is 7.47. The summed E-state index contributed by atoms with van der Waals surface area (Å²) in [5.41, 5.74) is 24.5. The van der Waals surface area contributed by atoms with Crippen molar-refractivity contribution in [3.8, 4) is 28.2 Å². The lowest BCUT2D eigenvalue weighted by molar-refractivity contribution is 0.590. The Bertz CT molecular complexity index is 5050. The summed E-state index contributed by atoms with van der Waals surface area (Å²) in [4.78, 5) is 5.29. The molecule has 2 aliphatic heterocycles. The topological polar surface area (TPSA) is 21.3 Å². The minimum absolute atomic E-state index is 0.147. The molecule has 0 unspecified atom stereocenters. The van der Waals surface area contributed by atoms with Crippen LogP contribution < -0.4 is 26.2 Å². The van der Waals surface area contributed by atoms with Crippen LogP contribution in [0.2, 0.25) is 0 Å². The van der Waals surface area contributed by atoms with Crippen molar-refractivity contribution in [1.82, 2.24) is 13.7 Å². The Balaban J connectivity index is 1.04. The number of nitrogens with zero attached hydrogens (tertiary/aromatic N) is 5. The molecule has 0 fully saturated rings.